The summed E-state index contributed by atoms with van der Waals surface area (Å²) in [4.78, 5) is 15.5. The third kappa shape index (κ3) is 2.74. The van der Waals surface area contributed by atoms with Gasteiger partial charge in [0.15, 0.2) is 0 Å². The van der Waals surface area contributed by atoms with Crippen LogP contribution in [0.3, 0.4) is 0 Å². The Bertz CT molecular complexity index is 302. The molecule has 0 amide bonds. The first-order chi connectivity index (χ1) is 6.77. The second kappa shape index (κ2) is 5.24. The lowest BCUT2D eigenvalue weighted by Gasteiger charge is -2.11. The number of hydrogen-bond donors (Lipinski definition) is 1. The highest BCUT2D eigenvalue weighted by molar-refractivity contribution is 5.74. The Hall–Kier alpha value is -1.55. The minimum absolute atomic E-state index is 0.246. The summed E-state index contributed by atoms with van der Waals surface area (Å²) in [5.41, 5.74) is 1.78. The van der Waals surface area contributed by atoms with Crippen molar-refractivity contribution in [2.24, 2.45) is 5.90 Å². The van der Waals surface area contributed by atoms with Gasteiger partial charge in [0.1, 0.15) is 6.26 Å². The van der Waals surface area contributed by atoms with Gasteiger partial charge in [0.25, 0.3) is 0 Å². The number of methoxy groups -OCH3 is 1. The fourth-order valence-corrected chi connectivity index (χ4v) is 1.22. The highest BCUT2D eigenvalue weighted by Gasteiger charge is 2.11. The number of nitrogens with two attached hydrogens (primary N) is 1. The largest absolute Gasteiger partial charge is 0.469 e. The van der Waals surface area contributed by atoms with Gasteiger partial charge in [-0.25, -0.2) is 0 Å². The van der Waals surface area contributed by atoms with Crippen molar-refractivity contribution in [3.63, 3.8) is 0 Å². The zero-order chi connectivity index (χ0) is 10.4. The molecule has 0 saturated carbocycles. The Morgan fingerprint density at radius 2 is 2.50 bits per heavy atom. The van der Waals surface area contributed by atoms with Gasteiger partial charge in [0, 0.05) is 0 Å². The average molecular weight is 195 g/mol. The third-order valence-corrected chi connectivity index (χ3v) is 1.96. The van der Waals surface area contributed by atoms with E-state index in [-0.39, 0.29) is 12.4 Å². The molecule has 0 aromatic rings. The Morgan fingerprint density at radius 3 is 3.14 bits per heavy atom. The molecule has 4 heteroatoms. The lowest BCUT2D eigenvalue weighted by molar-refractivity contribution is -0.139. The number of esters is 1. The van der Waals surface area contributed by atoms with Gasteiger partial charge in [-0.05, 0) is 17.6 Å². The van der Waals surface area contributed by atoms with Gasteiger partial charge in [-0.2, -0.15) is 5.90 Å². The molecule has 4 nitrogen and oxygen atoms in total. The Balaban J connectivity index is 2.72. The van der Waals surface area contributed by atoms with Gasteiger partial charge in [0.05, 0.1) is 13.5 Å². The molecular weight excluding hydrogens is 182 g/mol. The van der Waals surface area contributed by atoms with E-state index in [1.165, 1.54) is 13.4 Å². The molecule has 0 bridgehead atoms. The Labute approximate surface area is 82.6 Å². The molecule has 0 saturated heterocycles. The van der Waals surface area contributed by atoms with Crippen molar-refractivity contribution in [3.05, 3.63) is 35.6 Å². The molecule has 1 aliphatic rings. The van der Waals surface area contributed by atoms with E-state index in [0.717, 1.165) is 17.6 Å². The van der Waals surface area contributed by atoms with Crippen LogP contribution in [-0.2, 0) is 14.4 Å². The zero-order valence-electron chi connectivity index (χ0n) is 8.03. The lowest BCUT2D eigenvalue weighted by Crippen LogP contribution is -2.05. The van der Waals surface area contributed by atoms with Crippen LogP contribution in [0.2, 0.25) is 0 Å². The molecular formula is C10H13NO3. The molecule has 0 radical (unpaired) electrons. The zero-order valence-corrected chi connectivity index (χ0v) is 8.03. The van der Waals surface area contributed by atoms with Gasteiger partial charge in [-0.1, -0.05) is 18.2 Å². The van der Waals surface area contributed by atoms with Crippen LogP contribution in [0.25, 0.3) is 0 Å². The van der Waals surface area contributed by atoms with Crippen molar-refractivity contribution in [1.82, 2.24) is 0 Å². The molecule has 0 spiro atoms. The molecule has 1 rings (SSSR count). The maximum atomic E-state index is 11.0. The SMILES string of the molecule is COC(=O)CC1=CC=CCC1=CON. The van der Waals surface area contributed by atoms with E-state index in [0.29, 0.717) is 0 Å². The lowest BCUT2D eigenvalue weighted by atomic mass is 9.97. The number of carbonyl (C=O) groups excluding carboxylic acids is 1. The summed E-state index contributed by atoms with van der Waals surface area (Å²) in [5.74, 6) is 4.67. The number of carbonyl (C=O) groups is 1. The summed E-state index contributed by atoms with van der Waals surface area (Å²) in [5, 5.41) is 0. The molecule has 0 aliphatic heterocycles. The van der Waals surface area contributed by atoms with Crippen molar-refractivity contribution < 1.29 is 14.4 Å². The van der Waals surface area contributed by atoms with Gasteiger partial charge >= 0.3 is 5.97 Å². The van der Waals surface area contributed by atoms with E-state index in [2.05, 4.69) is 9.57 Å². The van der Waals surface area contributed by atoms with Crippen molar-refractivity contribution in [1.29, 1.82) is 0 Å². The topological polar surface area (TPSA) is 61.5 Å². The van der Waals surface area contributed by atoms with Crippen molar-refractivity contribution in [2.75, 3.05) is 7.11 Å². The van der Waals surface area contributed by atoms with Crippen LogP contribution in [-0.4, -0.2) is 13.1 Å². The molecule has 2 N–H and O–H groups in total. The predicted octanol–water partition coefficient (Wildman–Crippen LogP) is 1.21. The molecule has 0 heterocycles. The number of rotatable bonds is 3. The second-order valence-electron chi connectivity index (χ2n) is 2.86. The van der Waals surface area contributed by atoms with Crippen molar-refractivity contribution in [2.45, 2.75) is 12.8 Å². The van der Waals surface area contributed by atoms with Crippen molar-refractivity contribution in [3.8, 4) is 0 Å². The fraction of sp³-hybridized carbons (Fsp3) is 0.300. The van der Waals surface area contributed by atoms with Gasteiger partial charge in [-0.15, -0.1) is 0 Å². The van der Waals surface area contributed by atoms with Crippen LogP contribution >= 0.6 is 0 Å². The highest BCUT2D eigenvalue weighted by atomic mass is 16.6. The molecule has 1 aliphatic carbocycles. The van der Waals surface area contributed by atoms with Crippen LogP contribution < -0.4 is 5.90 Å². The van der Waals surface area contributed by atoms with E-state index in [1.807, 2.05) is 18.2 Å². The first-order valence-electron chi connectivity index (χ1n) is 4.25. The molecule has 14 heavy (non-hydrogen) atoms. The fourth-order valence-electron chi connectivity index (χ4n) is 1.22. The number of allylic oxidation sites excluding steroid dienone is 4. The van der Waals surface area contributed by atoms with Crippen LogP contribution in [0.5, 0.6) is 0 Å². The predicted molar refractivity (Wildman–Crippen MR) is 51.8 cm³/mol. The Morgan fingerprint density at radius 1 is 1.71 bits per heavy atom. The third-order valence-electron chi connectivity index (χ3n) is 1.96. The van der Waals surface area contributed by atoms with E-state index in [1.54, 1.807) is 0 Å². The minimum atomic E-state index is -0.269. The molecule has 76 valence electrons. The van der Waals surface area contributed by atoms with Crippen LogP contribution in [0, 0.1) is 0 Å². The summed E-state index contributed by atoms with van der Waals surface area (Å²) in [6.45, 7) is 0. The number of hydrogen-bond acceptors (Lipinski definition) is 4. The molecule has 0 unspecified atom stereocenters. The van der Waals surface area contributed by atoms with E-state index >= 15 is 0 Å². The monoisotopic (exact) mass is 195 g/mol. The minimum Gasteiger partial charge on any atom is -0.469 e. The summed E-state index contributed by atoms with van der Waals surface area (Å²) < 4.78 is 4.58. The summed E-state index contributed by atoms with van der Waals surface area (Å²) in [7, 11) is 1.37. The average Bonchev–Trinajstić information content (AvgIpc) is 2.21. The molecule has 0 aromatic carbocycles. The Kier molecular flexibility index (Phi) is 3.94. The van der Waals surface area contributed by atoms with E-state index in [4.69, 9.17) is 5.90 Å². The van der Waals surface area contributed by atoms with Crippen LogP contribution in [0.1, 0.15) is 12.8 Å². The quantitative estimate of drug-likeness (QED) is 0.417. The summed E-state index contributed by atoms with van der Waals surface area (Å²) in [6, 6.07) is 0. The van der Waals surface area contributed by atoms with Gasteiger partial charge in [-0.3, -0.25) is 4.79 Å². The molecule has 0 aromatic heterocycles. The smallest absolute Gasteiger partial charge is 0.309 e. The standard InChI is InChI=1S/C10H13NO3/c1-13-10(12)6-8-4-2-3-5-9(8)7-14-11/h2-4,7H,5-6,11H2,1H3. The highest BCUT2D eigenvalue weighted by Crippen LogP contribution is 2.22. The van der Waals surface area contributed by atoms with Gasteiger partial charge < -0.3 is 9.57 Å². The summed E-state index contributed by atoms with van der Waals surface area (Å²) in [6.07, 6.45) is 8.12. The first-order valence-corrected chi connectivity index (χ1v) is 4.25. The first kappa shape index (κ1) is 10.5. The molecule has 0 fully saturated rings. The second-order valence-corrected chi connectivity index (χ2v) is 2.86. The van der Waals surface area contributed by atoms with Gasteiger partial charge in [0.2, 0.25) is 0 Å². The molecule has 0 atom stereocenters. The normalized spacial score (nSPS) is 17.9. The van der Waals surface area contributed by atoms with E-state index in [9.17, 15) is 4.79 Å². The maximum absolute atomic E-state index is 11.0. The van der Waals surface area contributed by atoms with E-state index < -0.39 is 0 Å². The van der Waals surface area contributed by atoms with Crippen LogP contribution in [0.15, 0.2) is 35.6 Å². The maximum Gasteiger partial charge on any atom is 0.309 e. The number of ether oxygens (including phenoxy) is 1. The summed E-state index contributed by atoms with van der Waals surface area (Å²) >= 11 is 0. The van der Waals surface area contributed by atoms with Crippen LogP contribution in [0.4, 0.5) is 0 Å². The van der Waals surface area contributed by atoms with Crippen molar-refractivity contribution >= 4 is 5.97 Å².